The van der Waals surface area contributed by atoms with E-state index < -0.39 is 30.2 Å². The average Bonchev–Trinajstić information content (AvgIpc) is 3.14. The monoisotopic (exact) mass is 461 g/mol. The highest BCUT2D eigenvalue weighted by atomic mass is 16.5. The number of β-amino-alcohol motifs (C(OH)–C–C–N with tert-alkyl or cyclic N) is 1. The lowest BCUT2D eigenvalue weighted by molar-refractivity contribution is -0.127. The van der Waals surface area contributed by atoms with E-state index in [0.717, 1.165) is 12.0 Å². The number of imide groups is 1. The molecule has 2 heterocycles. The van der Waals surface area contributed by atoms with Crippen LogP contribution in [0.2, 0.25) is 0 Å². The summed E-state index contributed by atoms with van der Waals surface area (Å²) in [6, 6.07) is 6.56. The van der Waals surface area contributed by atoms with Gasteiger partial charge in [0.1, 0.15) is 24.6 Å². The van der Waals surface area contributed by atoms with Crippen LogP contribution in [0.5, 0.6) is 5.75 Å². The molecule has 2 fully saturated rings. The van der Waals surface area contributed by atoms with Crippen molar-refractivity contribution in [3.8, 4) is 5.75 Å². The predicted molar refractivity (Wildman–Crippen MR) is 124 cm³/mol. The summed E-state index contributed by atoms with van der Waals surface area (Å²) in [6.07, 6.45) is 0.323. The molecule has 0 radical (unpaired) electrons. The smallest absolute Gasteiger partial charge is 0.325 e. The molecule has 2 aliphatic heterocycles. The molecular weight excluding hydrogens is 426 g/mol. The molecule has 10 heteroatoms. The number of benzene rings is 1. The topological polar surface area (TPSA) is 116 Å². The fourth-order valence-corrected chi connectivity index (χ4v) is 3.82. The van der Waals surface area contributed by atoms with Gasteiger partial charge >= 0.3 is 6.03 Å². The molecule has 2 aliphatic rings. The fraction of sp³-hybridized carbons (Fsp3) is 0.609. The Morgan fingerprint density at radius 1 is 1.27 bits per heavy atom. The molecular formula is C23H35N5O5. The summed E-state index contributed by atoms with van der Waals surface area (Å²) < 4.78 is 11.3. The first-order chi connectivity index (χ1) is 15.8. The second-order valence-electron chi connectivity index (χ2n) is 8.54. The van der Waals surface area contributed by atoms with Crippen LogP contribution < -0.4 is 15.4 Å². The van der Waals surface area contributed by atoms with Gasteiger partial charge in [0.15, 0.2) is 12.0 Å². The summed E-state index contributed by atoms with van der Waals surface area (Å²) >= 11 is 0. The van der Waals surface area contributed by atoms with Gasteiger partial charge in [-0.05, 0) is 44.4 Å². The number of hydrogen-bond acceptors (Lipinski definition) is 6. The van der Waals surface area contributed by atoms with Crippen LogP contribution in [0.3, 0.4) is 0 Å². The van der Waals surface area contributed by atoms with Crippen molar-refractivity contribution in [1.82, 2.24) is 20.4 Å². The van der Waals surface area contributed by atoms with Gasteiger partial charge < -0.3 is 29.7 Å². The number of fused-ring (bicyclic) bond motifs is 1. The van der Waals surface area contributed by atoms with Crippen molar-refractivity contribution >= 4 is 17.9 Å². The van der Waals surface area contributed by atoms with Crippen molar-refractivity contribution in [1.29, 1.82) is 0 Å². The summed E-state index contributed by atoms with van der Waals surface area (Å²) in [5.41, 5.74) is 1.15. The van der Waals surface area contributed by atoms with Crippen LogP contribution in [-0.2, 0) is 16.0 Å². The third-order valence-electron chi connectivity index (χ3n) is 5.59. The molecule has 0 aliphatic carbocycles. The van der Waals surface area contributed by atoms with Crippen LogP contribution in [0.15, 0.2) is 29.3 Å². The van der Waals surface area contributed by atoms with Crippen molar-refractivity contribution in [3.63, 3.8) is 0 Å². The number of likely N-dealkylation sites (N-methyl/N-ethyl adjacent to an activating group) is 1. The summed E-state index contributed by atoms with van der Waals surface area (Å²) in [7, 11) is 1.62. The van der Waals surface area contributed by atoms with E-state index in [2.05, 4.69) is 22.5 Å². The lowest BCUT2D eigenvalue weighted by Gasteiger charge is -2.35. The zero-order valence-electron chi connectivity index (χ0n) is 19.8. The quantitative estimate of drug-likeness (QED) is 0.420. The standard InChI is InChI=1S/C23H35N5O5/c1-5-16-8-6-9-18(12-16)33-14-17(29)13-28-19-20(27(4)23(31)26-21(19)30)25-22(28)24-10-7-11-32-15(2)3/h6,8-9,12,15,17,19-20,29H,5,7,10-11,13-14H2,1-4H3,(H,24,25)(H,26,30,31). The number of amides is 3. The van der Waals surface area contributed by atoms with E-state index >= 15 is 0 Å². The van der Waals surface area contributed by atoms with E-state index in [1.807, 2.05) is 38.1 Å². The minimum atomic E-state index is -0.874. The van der Waals surface area contributed by atoms with Gasteiger partial charge in [0.2, 0.25) is 0 Å². The highest BCUT2D eigenvalue weighted by Crippen LogP contribution is 2.21. The summed E-state index contributed by atoms with van der Waals surface area (Å²) in [6.45, 7) is 7.27. The number of aliphatic hydroxyl groups is 1. The largest absolute Gasteiger partial charge is 0.491 e. The summed E-state index contributed by atoms with van der Waals surface area (Å²) in [4.78, 5) is 32.4. The van der Waals surface area contributed by atoms with Gasteiger partial charge in [-0.2, -0.15) is 0 Å². The molecule has 0 bridgehead atoms. The minimum Gasteiger partial charge on any atom is -0.491 e. The van der Waals surface area contributed by atoms with Crippen LogP contribution in [-0.4, -0.2) is 90.6 Å². The molecule has 0 saturated carbocycles. The number of nitrogens with zero attached hydrogens (tertiary/aromatic N) is 3. The van der Waals surface area contributed by atoms with Crippen LogP contribution >= 0.6 is 0 Å². The van der Waals surface area contributed by atoms with E-state index in [-0.39, 0.29) is 19.3 Å². The van der Waals surface area contributed by atoms with Crippen molar-refractivity contribution in [2.24, 2.45) is 4.99 Å². The van der Waals surface area contributed by atoms with Crippen LogP contribution in [0, 0.1) is 0 Å². The lowest BCUT2D eigenvalue weighted by Crippen LogP contribution is -2.65. The van der Waals surface area contributed by atoms with Crippen molar-refractivity contribution < 1.29 is 24.2 Å². The molecule has 3 amide bonds. The highest BCUT2D eigenvalue weighted by Gasteiger charge is 2.50. The first-order valence-electron chi connectivity index (χ1n) is 11.5. The number of carbonyl (C=O) groups excluding carboxylic acids is 2. The molecule has 1 aromatic rings. The number of carbonyl (C=O) groups is 2. The van der Waals surface area contributed by atoms with Gasteiger partial charge in [0, 0.05) is 20.2 Å². The molecule has 3 atom stereocenters. The molecule has 2 saturated heterocycles. The molecule has 3 N–H and O–H groups in total. The molecule has 1 aromatic carbocycles. The fourth-order valence-electron chi connectivity index (χ4n) is 3.82. The number of aryl methyl sites for hydroxylation is 1. The Balaban J connectivity index is 1.67. The van der Waals surface area contributed by atoms with Gasteiger partial charge in [0.25, 0.3) is 5.91 Å². The number of ether oxygens (including phenoxy) is 2. The Labute approximate surface area is 194 Å². The summed E-state index contributed by atoms with van der Waals surface area (Å²) in [5, 5.41) is 16.2. The van der Waals surface area contributed by atoms with Gasteiger partial charge in [-0.1, -0.05) is 19.1 Å². The molecule has 182 valence electrons. The molecule has 33 heavy (non-hydrogen) atoms. The van der Waals surface area contributed by atoms with E-state index in [1.165, 1.54) is 4.90 Å². The van der Waals surface area contributed by atoms with Gasteiger partial charge in [-0.25, -0.2) is 4.79 Å². The highest BCUT2D eigenvalue weighted by molar-refractivity contribution is 6.04. The Hall–Kier alpha value is -2.85. The van der Waals surface area contributed by atoms with E-state index in [1.54, 1.807) is 11.9 Å². The third-order valence-corrected chi connectivity index (χ3v) is 5.59. The molecule has 3 rings (SSSR count). The van der Waals surface area contributed by atoms with E-state index in [9.17, 15) is 14.7 Å². The van der Waals surface area contributed by atoms with Crippen molar-refractivity contribution in [2.75, 3.05) is 33.4 Å². The molecule has 0 spiro atoms. The van der Waals surface area contributed by atoms with E-state index in [4.69, 9.17) is 9.47 Å². The number of hydrogen-bond donors (Lipinski definition) is 3. The summed E-state index contributed by atoms with van der Waals surface area (Å²) in [5.74, 6) is 0.733. The molecule has 0 aromatic heterocycles. The average molecular weight is 462 g/mol. The Kier molecular flexibility index (Phi) is 8.51. The van der Waals surface area contributed by atoms with E-state index in [0.29, 0.717) is 31.3 Å². The van der Waals surface area contributed by atoms with Crippen LogP contribution in [0.25, 0.3) is 0 Å². The van der Waals surface area contributed by atoms with Gasteiger partial charge in [-0.3, -0.25) is 15.1 Å². The number of aliphatic hydroxyl groups excluding tert-OH is 1. The first kappa shape index (κ1) is 24.8. The zero-order chi connectivity index (χ0) is 24.0. The SMILES string of the molecule is CCc1cccc(OCC(O)CN2C(=NCCCOC(C)C)NC3C2C(=O)NC(=O)N3C)c1. The zero-order valence-corrected chi connectivity index (χ0v) is 19.8. The predicted octanol–water partition coefficient (Wildman–Crippen LogP) is 0.941. The Morgan fingerprint density at radius 3 is 2.79 bits per heavy atom. The van der Waals surface area contributed by atoms with Gasteiger partial charge in [-0.15, -0.1) is 0 Å². The first-order valence-corrected chi connectivity index (χ1v) is 11.5. The third kappa shape index (κ3) is 6.35. The number of aliphatic imine (C=N–C) groups is 1. The number of rotatable bonds is 11. The normalized spacial score (nSPS) is 22.4. The number of nitrogens with one attached hydrogen (secondary N) is 2. The van der Waals surface area contributed by atoms with Gasteiger partial charge in [0.05, 0.1) is 12.6 Å². The number of guanidine groups is 1. The van der Waals surface area contributed by atoms with Crippen LogP contribution in [0.4, 0.5) is 4.79 Å². The molecule has 10 nitrogen and oxygen atoms in total. The minimum absolute atomic E-state index is 0.0625. The molecule has 3 unspecified atom stereocenters. The lowest BCUT2D eigenvalue weighted by atomic mass is 10.1. The maximum absolute atomic E-state index is 12.6. The van der Waals surface area contributed by atoms with Crippen molar-refractivity contribution in [2.45, 2.75) is 58.0 Å². The second-order valence-corrected chi connectivity index (χ2v) is 8.54. The Bertz CT molecular complexity index is 861. The maximum atomic E-state index is 12.6. The van der Waals surface area contributed by atoms with Crippen LogP contribution in [0.1, 0.15) is 32.8 Å². The number of urea groups is 1. The maximum Gasteiger partial charge on any atom is 0.325 e. The second kappa shape index (κ2) is 11.3. The Morgan fingerprint density at radius 2 is 2.06 bits per heavy atom. The van der Waals surface area contributed by atoms with Crippen molar-refractivity contribution in [3.05, 3.63) is 29.8 Å².